The minimum Gasteiger partial charge on any atom is -0.432 e. The topological polar surface area (TPSA) is 106 Å². The highest BCUT2D eigenvalue weighted by Crippen LogP contribution is 2.31. The molecule has 1 aromatic carbocycles. The van der Waals surface area contributed by atoms with Crippen molar-refractivity contribution in [3.63, 3.8) is 0 Å². The fourth-order valence-corrected chi connectivity index (χ4v) is 1.48. The van der Waals surface area contributed by atoms with E-state index < -0.39 is 4.92 Å². The lowest BCUT2D eigenvalue weighted by Gasteiger charge is -2.05. The molecule has 7 heteroatoms. The fourth-order valence-electron chi connectivity index (χ4n) is 1.48. The summed E-state index contributed by atoms with van der Waals surface area (Å²) < 4.78 is 5.29. The van der Waals surface area contributed by atoms with E-state index in [1.807, 2.05) is 6.07 Å². The van der Waals surface area contributed by atoms with E-state index in [0.717, 1.165) is 6.07 Å². The molecule has 0 aliphatic heterocycles. The number of aromatic nitrogens is 1. The largest absolute Gasteiger partial charge is 0.432 e. The van der Waals surface area contributed by atoms with Crippen molar-refractivity contribution in [3.05, 3.63) is 57.8 Å². The number of carbonyl (C=O) groups excluding carboxylic acids is 1. The number of nitriles is 1. The maximum absolute atomic E-state index is 10.9. The van der Waals surface area contributed by atoms with Crippen molar-refractivity contribution in [2.75, 3.05) is 0 Å². The van der Waals surface area contributed by atoms with Crippen LogP contribution in [0.3, 0.4) is 0 Å². The fraction of sp³-hybridized carbons (Fsp3) is 0. The third kappa shape index (κ3) is 2.76. The van der Waals surface area contributed by atoms with Gasteiger partial charge in [0.15, 0.2) is 0 Å². The summed E-state index contributed by atoms with van der Waals surface area (Å²) >= 11 is 0. The van der Waals surface area contributed by atoms with Crippen LogP contribution < -0.4 is 4.74 Å². The Hall–Kier alpha value is -3.27. The standard InChI is InChI=1S/C13H7N3O4/c14-7-10-2-1-3-13(15-10)20-12-5-4-9(8-17)6-11(12)16(18)19/h1-6,8H. The van der Waals surface area contributed by atoms with E-state index in [4.69, 9.17) is 10.00 Å². The summed E-state index contributed by atoms with van der Waals surface area (Å²) in [5.41, 5.74) is -0.0452. The van der Waals surface area contributed by atoms with E-state index in [9.17, 15) is 14.9 Å². The van der Waals surface area contributed by atoms with Gasteiger partial charge in [0.1, 0.15) is 18.0 Å². The first-order chi connectivity index (χ1) is 9.63. The second-order valence-corrected chi connectivity index (χ2v) is 3.68. The zero-order chi connectivity index (χ0) is 14.5. The molecule has 0 radical (unpaired) electrons. The number of ether oxygens (including phenoxy) is 1. The Labute approximate surface area is 113 Å². The van der Waals surface area contributed by atoms with Crippen LogP contribution in [-0.2, 0) is 0 Å². The van der Waals surface area contributed by atoms with Gasteiger partial charge in [0, 0.05) is 17.7 Å². The predicted octanol–water partition coefficient (Wildman–Crippen LogP) is 2.47. The lowest BCUT2D eigenvalue weighted by atomic mass is 10.2. The molecule has 1 heterocycles. The van der Waals surface area contributed by atoms with Gasteiger partial charge in [-0.05, 0) is 18.2 Å². The molecule has 98 valence electrons. The van der Waals surface area contributed by atoms with Crippen LogP contribution in [-0.4, -0.2) is 16.2 Å². The van der Waals surface area contributed by atoms with Gasteiger partial charge in [-0.1, -0.05) is 6.07 Å². The number of carbonyl (C=O) groups is 1. The van der Waals surface area contributed by atoms with Crippen LogP contribution >= 0.6 is 0 Å². The van der Waals surface area contributed by atoms with Crippen LogP contribution in [0.1, 0.15) is 16.1 Å². The Bertz CT molecular complexity index is 722. The minimum absolute atomic E-state index is 0.0526. The predicted molar refractivity (Wildman–Crippen MR) is 67.5 cm³/mol. The van der Waals surface area contributed by atoms with Crippen LogP contribution in [0.2, 0.25) is 0 Å². The number of nitrogens with zero attached hydrogens (tertiary/aromatic N) is 3. The van der Waals surface area contributed by atoms with Crippen LogP contribution in [0.15, 0.2) is 36.4 Å². The molecule has 0 spiro atoms. The Balaban J connectivity index is 2.40. The van der Waals surface area contributed by atoms with Gasteiger partial charge in [-0.2, -0.15) is 5.26 Å². The summed E-state index contributed by atoms with van der Waals surface area (Å²) in [5.74, 6) is 0.00851. The molecule has 0 unspecified atom stereocenters. The van der Waals surface area contributed by atoms with Gasteiger partial charge < -0.3 is 4.74 Å². The molecule has 1 aromatic heterocycles. The van der Waals surface area contributed by atoms with Crippen molar-refractivity contribution in [2.24, 2.45) is 0 Å². The zero-order valence-electron chi connectivity index (χ0n) is 10.0. The number of nitro benzene ring substituents is 1. The molecule has 20 heavy (non-hydrogen) atoms. The van der Waals surface area contributed by atoms with Crippen molar-refractivity contribution in [2.45, 2.75) is 0 Å². The lowest BCUT2D eigenvalue weighted by molar-refractivity contribution is -0.385. The molecule has 0 N–H and O–H groups in total. The number of rotatable bonds is 4. The molecule has 2 aromatic rings. The SMILES string of the molecule is N#Cc1cccc(Oc2ccc(C=O)cc2[N+](=O)[O-])n1. The van der Waals surface area contributed by atoms with Gasteiger partial charge in [0.25, 0.3) is 0 Å². The third-order valence-corrected chi connectivity index (χ3v) is 2.37. The molecule has 0 fully saturated rings. The van der Waals surface area contributed by atoms with E-state index in [2.05, 4.69) is 4.98 Å². The monoisotopic (exact) mass is 269 g/mol. The van der Waals surface area contributed by atoms with E-state index in [-0.39, 0.29) is 28.6 Å². The molecule has 7 nitrogen and oxygen atoms in total. The van der Waals surface area contributed by atoms with Gasteiger partial charge in [-0.3, -0.25) is 14.9 Å². The zero-order valence-corrected chi connectivity index (χ0v) is 10.0. The second-order valence-electron chi connectivity index (χ2n) is 3.68. The highest BCUT2D eigenvalue weighted by molar-refractivity contribution is 5.77. The first-order valence-electron chi connectivity index (χ1n) is 5.42. The molecular formula is C13H7N3O4. The Morgan fingerprint density at radius 2 is 2.15 bits per heavy atom. The van der Waals surface area contributed by atoms with Crippen molar-refractivity contribution < 1.29 is 14.5 Å². The summed E-state index contributed by atoms with van der Waals surface area (Å²) in [6.45, 7) is 0. The first-order valence-corrected chi connectivity index (χ1v) is 5.42. The molecular weight excluding hydrogens is 262 g/mol. The number of aldehydes is 1. The number of nitro groups is 1. The van der Waals surface area contributed by atoms with Crippen molar-refractivity contribution in [1.29, 1.82) is 5.26 Å². The molecule has 0 aliphatic carbocycles. The molecule has 0 amide bonds. The van der Waals surface area contributed by atoms with Crippen molar-refractivity contribution >= 4 is 12.0 Å². The van der Waals surface area contributed by atoms with E-state index in [1.54, 1.807) is 6.07 Å². The highest BCUT2D eigenvalue weighted by Gasteiger charge is 2.17. The van der Waals surface area contributed by atoms with Crippen LogP contribution in [0, 0.1) is 21.4 Å². The summed E-state index contributed by atoms with van der Waals surface area (Å²) in [5, 5.41) is 19.7. The number of pyridine rings is 1. The van der Waals surface area contributed by atoms with Crippen LogP contribution in [0.25, 0.3) is 0 Å². The van der Waals surface area contributed by atoms with Gasteiger partial charge in [-0.15, -0.1) is 0 Å². The Kier molecular flexibility index (Phi) is 3.67. The average Bonchev–Trinajstić information content (AvgIpc) is 2.47. The molecule has 0 saturated heterocycles. The number of benzene rings is 1. The molecule has 0 atom stereocenters. The smallest absolute Gasteiger partial charge is 0.312 e. The van der Waals surface area contributed by atoms with Gasteiger partial charge >= 0.3 is 5.69 Å². The summed E-state index contributed by atoms with van der Waals surface area (Å²) in [4.78, 5) is 24.8. The van der Waals surface area contributed by atoms with E-state index in [0.29, 0.717) is 6.29 Å². The first kappa shape index (κ1) is 13.2. The van der Waals surface area contributed by atoms with Crippen molar-refractivity contribution in [3.8, 4) is 17.7 Å². The quantitative estimate of drug-likeness (QED) is 0.479. The summed E-state index contributed by atoms with van der Waals surface area (Å²) in [6.07, 6.45) is 0.505. The molecule has 0 bridgehead atoms. The number of hydrogen-bond donors (Lipinski definition) is 0. The van der Waals surface area contributed by atoms with E-state index in [1.165, 1.54) is 24.3 Å². The van der Waals surface area contributed by atoms with E-state index >= 15 is 0 Å². The third-order valence-electron chi connectivity index (χ3n) is 2.37. The Morgan fingerprint density at radius 3 is 2.80 bits per heavy atom. The van der Waals surface area contributed by atoms with Crippen LogP contribution in [0.4, 0.5) is 5.69 Å². The molecule has 2 rings (SSSR count). The van der Waals surface area contributed by atoms with Gasteiger partial charge in [0.05, 0.1) is 4.92 Å². The maximum atomic E-state index is 10.9. The van der Waals surface area contributed by atoms with Crippen molar-refractivity contribution in [1.82, 2.24) is 4.98 Å². The molecule has 0 aliphatic rings. The van der Waals surface area contributed by atoms with Gasteiger partial charge in [-0.25, -0.2) is 4.98 Å². The second kappa shape index (κ2) is 5.58. The Morgan fingerprint density at radius 1 is 1.35 bits per heavy atom. The number of hydrogen-bond acceptors (Lipinski definition) is 6. The van der Waals surface area contributed by atoms with Crippen LogP contribution in [0.5, 0.6) is 11.6 Å². The minimum atomic E-state index is -0.656. The lowest BCUT2D eigenvalue weighted by Crippen LogP contribution is -1.96. The maximum Gasteiger partial charge on any atom is 0.312 e. The summed E-state index contributed by atoms with van der Waals surface area (Å²) in [6, 6.07) is 10.1. The normalized spacial score (nSPS) is 9.55. The van der Waals surface area contributed by atoms with Gasteiger partial charge in [0.2, 0.25) is 11.6 Å². The summed E-state index contributed by atoms with van der Waals surface area (Å²) in [7, 11) is 0. The highest BCUT2D eigenvalue weighted by atomic mass is 16.6. The molecule has 0 saturated carbocycles. The average molecular weight is 269 g/mol.